The molecule has 2 aromatic carbocycles. The Labute approximate surface area is 133 Å². The number of para-hydroxylation sites is 1. The van der Waals surface area contributed by atoms with E-state index < -0.39 is 6.10 Å². The fourth-order valence-electron chi connectivity index (χ4n) is 2.26. The summed E-state index contributed by atoms with van der Waals surface area (Å²) < 4.78 is 0. The first-order valence-electron chi connectivity index (χ1n) is 6.61. The summed E-state index contributed by atoms with van der Waals surface area (Å²) in [6, 6.07) is 17.0. The molecule has 0 bridgehead atoms. The molecule has 1 N–H and O–H groups in total. The highest BCUT2D eigenvalue weighted by Gasteiger charge is 2.11. The van der Waals surface area contributed by atoms with E-state index in [4.69, 9.17) is 23.2 Å². The second kappa shape index (κ2) is 6.02. The van der Waals surface area contributed by atoms with Crippen molar-refractivity contribution < 1.29 is 5.11 Å². The summed E-state index contributed by atoms with van der Waals surface area (Å²) in [6.45, 7) is 0. The van der Waals surface area contributed by atoms with E-state index in [-0.39, 0.29) is 0 Å². The van der Waals surface area contributed by atoms with Gasteiger partial charge in [0.25, 0.3) is 0 Å². The molecular weight excluding hydrogens is 305 g/mol. The summed E-state index contributed by atoms with van der Waals surface area (Å²) in [7, 11) is 0. The molecule has 1 atom stereocenters. The normalized spacial score (nSPS) is 12.5. The van der Waals surface area contributed by atoms with Gasteiger partial charge in [0.1, 0.15) is 0 Å². The number of fused-ring (bicyclic) bond motifs is 1. The average molecular weight is 318 g/mol. The first-order valence-corrected chi connectivity index (χ1v) is 7.37. The van der Waals surface area contributed by atoms with Gasteiger partial charge in [0.15, 0.2) is 0 Å². The van der Waals surface area contributed by atoms with Gasteiger partial charge in [-0.15, -0.1) is 0 Å². The van der Waals surface area contributed by atoms with Gasteiger partial charge >= 0.3 is 0 Å². The minimum absolute atomic E-state index is 0.433. The monoisotopic (exact) mass is 317 g/mol. The van der Waals surface area contributed by atoms with Crippen molar-refractivity contribution in [3.63, 3.8) is 0 Å². The summed E-state index contributed by atoms with van der Waals surface area (Å²) >= 11 is 11.9. The first-order chi connectivity index (χ1) is 10.1. The lowest BCUT2D eigenvalue weighted by Crippen LogP contribution is -2.03. The minimum Gasteiger partial charge on any atom is -0.388 e. The molecule has 0 aliphatic carbocycles. The summed E-state index contributed by atoms with van der Waals surface area (Å²) in [5.74, 6) is 0. The molecule has 0 amide bonds. The third kappa shape index (κ3) is 3.18. The molecule has 0 radical (unpaired) electrons. The van der Waals surface area contributed by atoms with Gasteiger partial charge < -0.3 is 5.11 Å². The summed E-state index contributed by atoms with van der Waals surface area (Å²) in [5, 5.41) is 12.3. The zero-order chi connectivity index (χ0) is 14.8. The molecule has 0 aliphatic heterocycles. The summed E-state index contributed by atoms with van der Waals surface area (Å²) in [5.41, 5.74) is 2.50. The van der Waals surface area contributed by atoms with Crippen LogP contribution in [0.2, 0.25) is 10.0 Å². The van der Waals surface area contributed by atoms with Crippen LogP contribution >= 0.6 is 23.2 Å². The largest absolute Gasteiger partial charge is 0.388 e. The maximum atomic E-state index is 10.3. The van der Waals surface area contributed by atoms with Crippen LogP contribution in [0.1, 0.15) is 17.4 Å². The Morgan fingerprint density at radius 2 is 1.76 bits per heavy atom. The third-order valence-electron chi connectivity index (χ3n) is 3.39. The highest BCUT2D eigenvalue weighted by Crippen LogP contribution is 2.27. The van der Waals surface area contributed by atoms with Crippen molar-refractivity contribution in [2.75, 3.05) is 0 Å². The van der Waals surface area contributed by atoms with E-state index in [0.29, 0.717) is 16.5 Å². The Morgan fingerprint density at radius 3 is 2.57 bits per heavy atom. The number of hydrogen-bond acceptors (Lipinski definition) is 2. The Kier molecular flexibility index (Phi) is 4.11. The molecule has 3 aromatic rings. The molecule has 1 aromatic heterocycles. The highest BCUT2D eigenvalue weighted by atomic mass is 35.5. The van der Waals surface area contributed by atoms with Crippen molar-refractivity contribution in [3.8, 4) is 0 Å². The fourth-order valence-corrected chi connectivity index (χ4v) is 2.56. The van der Waals surface area contributed by atoms with Crippen LogP contribution in [0.15, 0.2) is 54.6 Å². The van der Waals surface area contributed by atoms with E-state index in [1.807, 2.05) is 36.4 Å². The van der Waals surface area contributed by atoms with Crippen LogP contribution in [-0.4, -0.2) is 10.1 Å². The predicted octanol–water partition coefficient (Wildman–Crippen LogP) is 4.82. The van der Waals surface area contributed by atoms with Crippen LogP contribution in [0, 0.1) is 0 Å². The summed E-state index contributed by atoms with van der Waals surface area (Å²) in [4.78, 5) is 4.56. The molecule has 1 unspecified atom stereocenters. The number of nitrogens with zero attached hydrogens (tertiary/aromatic N) is 1. The number of hydrogen-bond donors (Lipinski definition) is 1. The van der Waals surface area contributed by atoms with E-state index in [2.05, 4.69) is 4.98 Å². The molecular formula is C17H13Cl2NO. The van der Waals surface area contributed by atoms with Gasteiger partial charge in [0, 0.05) is 17.5 Å². The van der Waals surface area contributed by atoms with E-state index in [0.717, 1.165) is 22.2 Å². The molecule has 0 saturated heterocycles. The molecule has 1 heterocycles. The predicted molar refractivity (Wildman–Crippen MR) is 86.9 cm³/mol. The van der Waals surface area contributed by atoms with Crippen LogP contribution in [0.5, 0.6) is 0 Å². The quantitative estimate of drug-likeness (QED) is 0.751. The Bertz CT molecular complexity index is 789. The molecule has 0 spiro atoms. The molecule has 0 aliphatic rings. The van der Waals surface area contributed by atoms with Crippen molar-refractivity contribution in [1.29, 1.82) is 0 Å². The average Bonchev–Trinajstić information content (AvgIpc) is 2.50. The van der Waals surface area contributed by atoms with Crippen LogP contribution < -0.4 is 0 Å². The SMILES string of the molecule is OC(Cc1ccc2ccccc2n1)c1ccc(Cl)c(Cl)c1. The van der Waals surface area contributed by atoms with Gasteiger partial charge in [-0.1, -0.05) is 53.5 Å². The summed E-state index contributed by atoms with van der Waals surface area (Å²) in [6.07, 6.45) is -0.226. The van der Waals surface area contributed by atoms with Gasteiger partial charge in [-0.3, -0.25) is 4.98 Å². The lowest BCUT2D eigenvalue weighted by Gasteiger charge is -2.12. The van der Waals surface area contributed by atoms with E-state index >= 15 is 0 Å². The van der Waals surface area contributed by atoms with Crippen LogP contribution in [-0.2, 0) is 6.42 Å². The number of halogens is 2. The van der Waals surface area contributed by atoms with Crippen molar-refractivity contribution >= 4 is 34.1 Å². The lowest BCUT2D eigenvalue weighted by molar-refractivity contribution is 0.177. The van der Waals surface area contributed by atoms with E-state index in [1.54, 1.807) is 18.2 Å². The molecule has 3 rings (SSSR count). The van der Waals surface area contributed by atoms with Crippen LogP contribution in [0.25, 0.3) is 10.9 Å². The van der Waals surface area contributed by atoms with Crippen molar-refractivity contribution in [1.82, 2.24) is 4.98 Å². The van der Waals surface area contributed by atoms with Crippen molar-refractivity contribution in [3.05, 3.63) is 75.9 Å². The standard InChI is InChI=1S/C17H13Cl2NO/c18-14-8-6-12(9-15(14)19)17(21)10-13-7-5-11-3-1-2-4-16(11)20-13/h1-9,17,21H,10H2. The second-order valence-electron chi connectivity index (χ2n) is 4.89. The smallest absolute Gasteiger partial charge is 0.0846 e. The number of aromatic nitrogens is 1. The van der Waals surface area contributed by atoms with Crippen LogP contribution in [0.4, 0.5) is 0 Å². The Balaban J connectivity index is 1.85. The molecule has 0 saturated carbocycles. The van der Waals surface area contributed by atoms with Gasteiger partial charge in [-0.25, -0.2) is 0 Å². The zero-order valence-electron chi connectivity index (χ0n) is 11.1. The van der Waals surface area contributed by atoms with E-state index in [9.17, 15) is 5.11 Å². The van der Waals surface area contributed by atoms with Gasteiger partial charge in [-0.2, -0.15) is 0 Å². The molecule has 21 heavy (non-hydrogen) atoms. The lowest BCUT2D eigenvalue weighted by atomic mass is 10.0. The maximum absolute atomic E-state index is 10.3. The maximum Gasteiger partial charge on any atom is 0.0846 e. The first kappa shape index (κ1) is 14.3. The third-order valence-corrected chi connectivity index (χ3v) is 4.13. The van der Waals surface area contributed by atoms with Gasteiger partial charge in [0.05, 0.1) is 21.7 Å². The number of benzene rings is 2. The van der Waals surface area contributed by atoms with E-state index in [1.165, 1.54) is 0 Å². The van der Waals surface area contributed by atoms with Crippen molar-refractivity contribution in [2.24, 2.45) is 0 Å². The topological polar surface area (TPSA) is 33.1 Å². The van der Waals surface area contributed by atoms with Gasteiger partial charge in [-0.05, 0) is 29.8 Å². The van der Waals surface area contributed by atoms with Gasteiger partial charge in [0.2, 0.25) is 0 Å². The van der Waals surface area contributed by atoms with Crippen LogP contribution in [0.3, 0.4) is 0 Å². The molecule has 4 heteroatoms. The Morgan fingerprint density at radius 1 is 0.952 bits per heavy atom. The number of rotatable bonds is 3. The Hall–Kier alpha value is -1.61. The second-order valence-corrected chi connectivity index (χ2v) is 5.70. The zero-order valence-corrected chi connectivity index (χ0v) is 12.6. The number of aliphatic hydroxyl groups is 1. The molecule has 106 valence electrons. The van der Waals surface area contributed by atoms with Crippen molar-refractivity contribution in [2.45, 2.75) is 12.5 Å². The number of pyridine rings is 1. The minimum atomic E-state index is -0.659. The highest BCUT2D eigenvalue weighted by molar-refractivity contribution is 6.42. The molecule has 2 nitrogen and oxygen atoms in total. The molecule has 0 fully saturated rings. The fraction of sp³-hybridized carbons (Fsp3) is 0.118. The number of aliphatic hydroxyl groups excluding tert-OH is 1.